The second-order valence-corrected chi connectivity index (χ2v) is 9.72. The Balaban J connectivity index is 1.48. The van der Waals surface area contributed by atoms with Crippen molar-refractivity contribution >= 4 is 17.3 Å². The van der Waals surface area contributed by atoms with Gasteiger partial charge in [-0.3, -0.25) is 24.9 Å². The van der Waals surface area contributed by atoms with E-state index in [9.17, 15) is 14.1 Å². The Morgan fingerprint density at radius 1 is 1.29 bits per heavy atom. The molecule has 0 aromatic carbocycles. The molecule has 1 amide bonds. The summed E-state index contributed by atoms with van der Waals surface area (Å²) in [5.74, 6) is -1.45. The molecule has 11 nitrogen and oxygen atoms in total. The molecule has 0 radical (unpaired) electrons. The SMILES string of the molecule is Cc1cncc(NC(=O)C(C(N)N=O)C2NCC(F)CN2C)c1N1CCN(C2CCOCC2)CC1. The van der Waals surface area contributed by atoms with Crippen molar-refractivity contribution in [3.05, 3.63) is 22.9 Å². The van der Waals surface area contributed by atoms with Crippen molar-refractivity contribution in [2.24, 2.45) is 16.8 Å². The lowest BCUT2D eigenvalue weighted by molar-refractivity contribution is -0.124. The van der Waals surface area contributed by atoms with Gasteiger partial charge in [0.1, 0.15) is 12.1 Å². The highest BCUT2D eigenvalue weighted by molar-refractivity contribution is 5.97. The molecule has 194 valence electrons. The lowest BCUT2D eigenvalue weighted by Gasteiger charge is -2.42. The lowest BCUT2D eigenvalue weighted by Crippen LogP contribution is -2.62. The zero-order valence-electron chi connectivity index (χ0n) is 20.5. The van der Waals surface area contributed by atoms with Gasteiger partial charge in [-0.1, -0.05) is 5.18 Å². The minimum absolute atomic E-state index is 0.0824. The van der Waals surface area contributed by atoms with Gasteiger partial charge in [0.25, 0.3) is 0 Å². The number of nitrogens with one attached hydrogen (secondary N) is 2. The molecule has 0 aliphatic carbocycles. The summed E-state index contributed by atoms with van der Waals surface area (Å²) in [5, 5.41) is 8.88. The van der Waals surface area contributed by atoms with E-state index in [0.29, 0.717) is 11.7 Å². The fraction of sp³-hybridized carbons (Fsp3) is 0.739. The standard InChI is InChI=1S/C23H37FN8O3/c1-15-11-26-13-18(20(15)32-7-5-31(6-8-32)17-3-9-35-10-4-17)28-23(33)19(21(25)29-34)22-27-12-16(24)14-30(22)2/h11,13,16-17,19,21-22,27H,3-10,12,14,25H2,1-2H3,(H,28,33). The topological polar surface area (TPSA) is 128 Å². The van der Waals surface area contributed by atoms with E-state index in [1.165, 1.54) is 0 Å². The van der Waals surface area contributed by atoms with Gasteiger partial charge in [0.2, 0.25) is 5.91 Å². The number of nitrogens with zero attached hydrogens (tertiary/aromatic N) is 5. The number of alkyl halides is 1. The van der Waals surface area contributed by atoms with E-state index in [1.54, 1.807) is 24.3 Å². The van der Waals surface area contributed by atoms with Gasteiger partial charge in [0.05, 0.1) is 23.7 Å². The highest BCUT2D eigenvalue weighted by Crippen LogP contribution is 2.31. The van der Waals surface area contributed by atoms with Crippen molar-refractivity contribution in [3.63, 3.8) is 0 Å². The van der Waals surface area contributed by atoms with Crippen LogP contribution >= 0.6 is 0 Å². The normalized spacial score (nSPS) is 26.8. The van der Waals surface area contributed by atoms with E-state index >= 15 is 0 Å². The molecule has 3 aliphatic rings. The number of halogens is 1. The number of amides is 1. The van der Waals surface area contributed by atoms with Crippen LogP contribution in [0.3, 0.4) is 0 Å². The third-order valence-corrected chi connectivity index (χ3v) is 7.34. The molecule has 3 saturated heterocycles. The minimum atomic E-state index is -1.28. The van der Waals surface area contributed by atoms with Crippen LogP contribution in [0.2, 0.25) is 0 Å². The number of hydrogen-bond acceptors (Lipinski definition) is 10. The lowest BCUT2D eigenvalue weighted by atomic mass is 9.98. The van der Waals surface area contributed by atoms with Gasteiger partial charge >= 0.3 is 0 Å². The Bertz CT molecular complexity index is 878. The summed E-state index contributed by atoms with van der Waals surface area (Å²) in [5.41, 5.74) is 8.39. The van der Waals surface area contributed by atoms with Gasteiger partial charge in [-0.15, -0.1) is 4.91 Å². The third-order valence-electron chi connectivity index (χ3n) is 7.34. The van der Waals surface area contributed by atoms with Crippen molar-refractivity contribution in [1.29, 1.82) is 0 Å². The molecule has 4 atom stereocenters. The molecule has 4 heterocycles. The molecule has 0 saturated carbocycles. The molecular formula is C23H37FN8O3. The summed E-state index contributed by atoms with van der Waals surface area (Å²) in [6.07, 6.45) is 2.58. The summed E-state index contributed by atoms with van der Waals surface area (Å²) < 4.78 is 19.3. The highest BCUT2D eigenvalue weighted by atomic mass is 19.1. The van der Waals surface area contributed by atoms with Crippen LogP contribution < -0.4 is 21.3 Å². The predicted molar refractivity (Wildman–Crippen MR) is 132 cm³/mol. The van der Waals surface area contributed by atoms with Crippen LogP contribution in [0.25, 0.3) is 0 Å². The first-order valence-corrected chi connectivity index (χ1v) is 12.4. The van der Waals surface area contributed by atoms with Gasteiger partial charge < -0.3 is 20.7 Å². The van der Waals surface area contributed by atoms with Crippen molar-refractivity contribution in [3.8, 4) is 0 Å². The van der Waals surface area contributed by atoms with Gasteiger partial charge in [-0.25, -0.2) is 4.39 Å². The largest absolute Gasteiger partial charge is 0.381 e. The summed E-state index contributed by atoms with van der Waals surface area (Å²) >= 11 is 0. The van der Waals surface area contributed by atoms with E-state index in [4.69, 9.17) is 10.5 Å². The van der Waals surface area contributed by atoms with Crippen LogP contribution in [0.4, 0.5) is 15.8 Å². The van der Waals surface area contributed by atoms with E-state index in [2.05, 4.69) is 30.6 Å². The second-order valence-electron chi connectivity index (χ2n) is 9.72. The molecule has 1 aromatic heterocycles. The Hall–Kier alpha value is -2.25. The Morgan fingerprint density at radius 3 is 2.66 bits per heavy atom. The van der Waals surface area contributed by atoms with E-state index in [-0.39, 0.29) is 13.1 Å². The molecule has 12 heteroatoms. The number of nitrogens with two attached hydrogens (primary N) is 1. The number of piperazine rings is 1. The van der Waals surface area contributed by atoms with Crippen LogP contribution in [-0.4, -0.2) is 105 Å². The first-order valence-electron chi connectivity index (χ1n) is 12.4. The number of rotatable bonds is 7. The number of carbonyl (C=O) groups excluding carboxylic acids is 1. The third kappa shape index (κ3) is 5.95. The number of aromatic nitrogens is 1. The quantitative estimate of drug-likeness (QED) is 0.466. The molecule has 4 rings (SSSR count). The monoisotopic (exact) mass is 492 g/mol. The van der Waals surface area contributed by atoms with Crippen LogP contribution in [0.1, 0.15) is 18.4 Å². The minimum Gasteiger partial charge on any atom is -0.381 e. The molecule has 4 N–H and O–H groups in total. The smallest absolute Gasteiger partial charge is 0.234 e. The summed E-state index contributed by atoms with van der Waals surface area (Å²) in [6.45, 7) is 7.36. The Morgan fingerprint density at radius 2 is 2.00 bits per heavy atom. The zero-order chi connectivity index (χ0) is 24.9. The molecule has 1 aromatic rings. The zero-order valence-corrected chi connectivity index (χ0v) is 20.5. The Kier molecular flexibility index (Phi) is 8.60. The van der Waals surface area contributed by atoms with Gasteiger partial charge in [0, 0.05) is 64.7 Å². The van der Waals surface area contributed by atoms with Gasteiger partial charge in [-0.2, -0.15) is 0 Å². The van der Waals surface area contributed by atoms with Crippen LogP contribution in [0, 0.1) is 17.7 Å². The number of anilines is 2. The molecule has 0 spiro atoms. The van der Waals surface area contributed by atoms with Gasteiger partial charge in [-0.05, 0) is 32.4 Å². The molecule has 35 heavy (non-hydrogen) atoms. The maximum absolute atomic E-state index is 13.8. The first kappa shape index (κ1) is 25.8. The van der Waals surface area contributed by atoms with E-state index in [0.717, 1.165) is 63.5 Å². The van der Waals surface area contributed by atoms with Crippen LogP contribution in [0.15, 0.2) is 17.6 Å². The van der Waals surface area contributed by atoms with Crippen molar-refractivity contribution < 1.29 is 13.9 Å². The number of nitroso groups, excluding NO2 is 1. The van der Waals surface area contributed by atoms with Gasteiger partial charge in [0.15, 0.2) is 6.17 Å². The molecular weight excluding hydrogens is 455 g/mol. The average molecular weight is 493 g/mol. The van der Waals surface area contributed by atoms with Crippen LogP contribution in [-0.2, 0) is 9.53 Å². The van der Waals surface area contributed by atoms with Crippen molar-refractivity contribution in [1.82, 2.24) is 20.1 Å². The fourth-order valence-corrected chi connectivity index (χ4v) is 5.49. The maximum atomic E-state index is 13.8. The fourth-order valence-electron chi connectivity index (χ4n) is 5.49. The molecule has 0 bridgehead atoms. The summed E-state index contributed by atoms with van der Waals surface area (Å²) in [6, 6.07) is 0.561. The van der Waals surface area contributed by atoms with Crippen LogP contribution in [0.5, 0.6) is 0 Å². The summed E-state index contributed by atoms with van der Waals surface area (Å²) in [7, 11) is 1.69. The average Bonchev–Trinajstić information content (AvgIpc) is 2.86. The first-order chi connectivity index (χ1) is 16.9. The second kappa shape index (κ2) is 11.7. The Labute approximate surface area is 205 Å². The number of ether oxygens (including phenoxy) is 1. The van der Waals surface area contributed by atoms with E-state index < -0.39 is 30.3 Å². The maximum Gasteiger partial charge on any atom is 0.234 e. The molecule has 3 aliphatic heterocycles. The summed E-state index contributed by atoms with van der Waals surface area (Å²) in [4.78, 5) is 35.5. The molecule has 4 unspecified atom stereocenters. The number of carbonyl (C=O) groups is 1. The van der Waals surface area contributed by atoms with Crippen molar-refractivity contribution in [2.75, 3.05) is 69.7 Å². The van der Waals surface area contributed by atoms with Crippen molar-refractivity contribution in [2.45, 2.75) is 44.3 Å². The predicted octanol–water partition coefficient (Wildman–Crippen LogP) is 0.496. The number of aryl methyl sites for hydroxylation is 1. The number of hydrogen-bond donors (Lipinski definition) is 3. The highest BCUT2D eigenvalue weighted by Gasteiger charge is 2.40. The number of pyridine rings is 1. The molecule has 3 fully saturated rings. The van der Waals surface area contributed by atoms with E-state index in [1.807, 2.05) is 6.92 Å².